The Morgan fingerprint density at radius 3 is 2.50 bits per heavy atom. The summed E-state index contributed by atoms with van der Waals surface area (Å²) in [5, 5.41) is 10.6. The lowest BCUT2D eigenvalue weighted by molar-refractivity contribution is -0.384. The molecule has 8 nitrogen and oxygen atoms in total. The minimum atomic E-state index is -0.467. The van der Waals surface area contributed by atoms with Crippen LogP contribution in [0.1, 0.15) is 23.6 Å². The topological polar surface area (TPSA) is 99.0 Å². The first-order chi connectivity index (χ1) is 17.3. The van der Waals surface area contributed by atoms with Gasteiger partial charge in [-0.3, -0.25) is 24.6 Å². The number of non-ortho nitro benzene ring substituents is 1. The van der Waals surface area contributed by atoms with E-state index in [1.54, 1.807) is 36.4 Å². The number of ether oxygens (including phenoxy) is 2. The van der Waals surface area contributed by atoms with Crippen molar-refractivity contribution in [3.05, 3.63) is 104 Å². The van der Waals surface area contributed by atoms with E-state index >= 15 is 0 Å². The highest BCUT2D eigenvalue weighted by Gasteiger charge is 2.35. The molecule has 4 rings (SSSR count). The fourth-order valence-corrected chi connectivity index (χ4v) is 4.32. The van der Waals surface area contributed by atoms with Gasteiger partial charge >= 0.3 is 0 Å². The second kappa shape index (κ2) is 11.0. The molecule has 0 N–H and O–H groups in total. The Hall–Kier alpha value is -4.18. The maximum atomic E-state index is 13.1. The van der Waals surface area contributed by atoms with Gasteiger partial charge < -0.3 is 9.47 Å². The molecule has 0 atom stereocenters. The van der Waals surface area contributed by atoms with Crippen molar-refractivity contribution in [3.8, 4) is 11.5 Å². The molecule has 0 saturated carbocycles. The minimum absolute atomic E-state index is 0.0233. The predicted molar refractivity (Wildman–Crippen MR) is 133 cm³/mol. The van der Waals surface area contributed by atoms with Crippen LogP contribution in [0.3, 0.4) is 0 Å². The van der Waals surface area contributed by atoms with E-state index in [1.165, 1.54) is 36.4 Å². The van der Waals surface area contributed by atoms with Crippen molar-refractivity contribution < 1.29 is 28.4 Å². The summed E-state index contributed by atoms with van der Waals surface area (Å²) in [6.07, 6.45) is 1.60. The first kappa shape index (κ1) is 24.9. The molecule has 2 amide bonds. The van der Waals surface area contributed by atoms with Crippen LogP contribution in [0.15, 0.2) is 71.6 Å². The number of amides is 2. The molecule has 3 aromatic rings. The molecule has 0 aliphatic carbocycles. The highest BCUT2D eigenvalue weighted by atomic mass is 32.2. The second-order valence-corrected chi connectivity index (χ2v) is 8.74. The van der Waals surface area contributed by atoms with Gasteiger partial charge in [-0.25, -0.2) is 4.39 Å². The fraction of sp³-hybridized carbons (Fsp3) is 0.154. The third-order valence-corrected chi connectivity index (χ3v) is 6.12. The van der Waals surface area contributed by atoms with Gasteiger partial charge in [-0.15, -0.1) is 0 Å². The second-order valence-electron chi connectivity index (χ2n) is 7.75. The third kappa shape index (κ3) is 5.89. The summed E-state index contributed by atoms with van der Waals surface area (Å²) in [6.45, 7) is 2.34. The summed E-state index contributed by atoms with van der Waals surface area (Å²) in [5.74, 6) is 0.0424. The number of hydrogen-bond acceptors (Lipinski definition) is 7. The zero-order valence-electron chi connectivity index (χ0n) is 19.2. The molecule has 0 aromatic heterocycles. The molecule has 3 aromatic carbocycles. The third-order valence-electron chi connectivity index (χ3n) is 5.21. The van der Waals surface area contributed by atoms with Crippen molar-refractivity contribution in [1.82, 2.24) is 4.90 Å². The van der Waals surface area contributed by atoms with E-state index in [0.717, 1.165) is 16.7 Å². The summed E-state index contributed by atoms with van der Waals surface area (Å²) >= 11 is 0.831. The van der Waals surface area contributed by atoms with E-state index < -0.39 is 21.9 Å². The molecule has 1 aliphatic heterocycles. The number of carbonyl (C=O) groups is 2. The molecular formula is C26H21FN2O6S. The number of carbonyl (C=O) groups excluding carboxylic acids is 2. The Balaban J connectivity index is 1.49. The SMILES string of the molecule is CCOc1cc(/C=C2/SC(=O)N(Cc3ccc(F)cc3)C2=O)ccc1OCc1cccc([N+](=O)[O-])c1. The van der Waals surface area contributed by atoms with Crippen molar-refractivity contribution in [3.63, 3.8) is 0 Å². The number of benzene rings is 3. The molecule has 0 bridgehead atoms. The van der Waals surface area contributed by atoms with Gasteiger partial charge in [0.2, 0.25) is 0 Å². The number of nitro groups is 1. The number of nitro benzene ring substituents is 1. The average molecular weight is 509 g/mol. The van der Waals surface area contributed by atoms with Gasteiger partial charge in [0.15, 0.2) is 11.5 Å². The van der Waals surface area contributed by atoms with E-state index in [9.17, 15) is 24.1 Å². The first-order valence-electron chi connectivity index (χ1n) is 11.0. The smallest absolute Gasteiger partial charge is 0.293 e. The lowest BCUT2D eigenvalue weighted by atomic mass is 10.1. The van der Waals surface area contributed by atoms with E-state index in [1.807, 2.05) is 6.92 Å². The Morgan fingerprint density at radius 2 is 1.78 bits per heavy atom. The lowest BCUT2D eigenvalue weighted by Gasteiger charge is -2.13. The van der Waals surface area contributed by atoms with Crippen LogP contribution in [0.25, 0.3) is 6.08 Å². The van der Waals surface area contributed by atoms with Crippen molar-refractivity contribution >= 4 is 34.7 Å². The molecule has 1 aliphatic rings. The summed E-state index contributed by atoms with van der Waals surface area (Å²) in [5.41, 5.74) is 1.88. The van der Waals surface area contributed by atoms with E-state index in [4.69, 9.17) is 9.47 Å². The number of thioether (sulfide) groups is 1. The molecule has 1 saturated heterocycles. The lowest BCUT2D eigenvalue weighted by Crippen LogP contribution is -2.27. The van der Waals surface area contributed by atoms with Crippen molar-refractivity contribution in [1.29, 1.82) is 0 Å². The van der Waals surface area contributed by atoms with Crippen molar-refractivity contribution in [2.24, 2.45) is 0 Å². The number of hydrogen-bond donors (Lipinski definition) is 0. The van der Waals surface area contributed by atoms with E-state index in [2.05, 4.69) is 0 Å². The predicted octanol–water partition coefficient (Wildman–Crippen LogP) is 5.95. The highest BCUT2D eigenvalue weighted by molar-refractivity contribution is 8.18. The standard InChI is InChI=1S/C26H21FN2O6S/c1-2-34-23-13-18(8-11-22(23)35-16-19-4-3-5-21(12-19)29(32)33)14-24-25(30)28(26(31)36-24)15-17-6-9-20(27)10-7-17/h3-14H,2,15-16H2,1H3/b24-14+. The highest BCUT2D eigenvalue weighted by Crippen LogP contribution is 2.35. The van der Waals surface area contributed by atoms with Gasteiger partial charge in [0.1, 0.15) is 12.4 Å². The molecular weight excluding hydrogens is 487 g/mol. The van der Waals surface area contributed by atoms with Gasteiger partial charge in [0, 0.05) is 12.1 Å². The normalized spacial score (nSPS) is 14.4. The summed E-state index contributed by atoms with van der Waals surface area (Å²) in [4.78, 5) is 37.2. The Kier molecular flexibility index (Phi) is 7.65. The first-order valence-corrected chi connectivity index (χ1v) is 11.8. The van der Waals surface area contributed by atoms with Gasteiger partial charge in [0.25, 0.3) is 16.8 Å². The van der Waals surface area contributed by atoms with Gasteiger partial charge in [-0.05, 0) is 65.7 Å². The van der Waals surface area contributed by atoms with Crippen LogP contribution in [0.5, 0.6) is 11.5 Å². The number of nitrogens with zero attached hydrogens (tertiary/aromatic N) is 2. The summed E-state index contributed by atoms with van der Waals surface area (Å²) in [6, 6.07) is 16.9. The molecule has 0 radical (unpaired) electrons. The van der Waals surface area contributed by atoms with Crippen LogP contribution in [0, 0.1) is 15.9 Å². The molecule has 0 unspecified atom stereocenters. The summed E-state index contributed by atoms with van der Waals surface area (Å²) < 4.78 is 24.7. The van der Waals surface area contributed by atoms with E-state index in [-0.39, 0.29) is 23.7 Å². The maximum absolute atomic E-state index is 13.1. The van der Waals surface area contributed by atoms with Gasteiger partial charge in [-0.1, -0.05) is 30.3 Å². The minimum Gasteiger partial charge on any atom is -0.490 e. The average Bonchev–Trinajstić information content (AvgIpc) is 3.12. The van der Waals surface area contributed by atoms with Crippen LogP contribution in [-0.2, 0) is 17.9 Å². The van der Waals surface area contributed by atoms with Crippen LogP contribution < -0.4 is 9.47 Å². The monoisotopic (exact) mass is 508 g/mol. The zero-order valence-corrected chi connectivity index (χ0v) is 20.0. The van der Waals surface area contributed by atoms with Crippen LogP contribution in [-0.4, -0.2) is 27.6 Å². The molecule has 36 heavy (non-hydrogen) atoms. The molecule has 10 heteroatoms. The maximum Gasteiger partial charge on any atom is 0.293 e. The number of halogens is 1. The Labute approximate surface area is 210 Å². The summed E-state index contributed by atoms with van der Waals surface area (Å²) in [7, 11) is 0. The van der Waals surface area contributed by atoms with Crippen LogP contribution in [0.4, 0.5) is 14.9 Å². The largest absolute Gasteiger partial charge is 0.490 e. The Bertz CT molecular complexity index is 1340. The molecule has 1 heterocycles. The van der Waals surface area contributed by atoms with E-state index in [0.29, 0.717) is 34.8 Å². The van der Waals surface area contributed by atoms with Crippen molar-refractivity contribution in [2.75, 3.05) is 6.61 Å². The molecule has 0 spiro atoms. The van der Waals surface area contributed by atoms with Crippen molar-refractivity contribution in [2.45, 2.75) is 20.1 Å². The molecule has 184 valence electrons. The zero-order chi connectivity index (χ0) is 25.7. The Morgan fingerprint density at radius 1 is 1.00 bits per heavy atom. The van der Waals surface area contributed by atoms with Gasteiger partial charge in [-0.2, -0.15) is 0 Å². The molecule has 1 fully saturated rings. The number of imide groups is 1. The number of rotatable bonds is 9. The fourth-order valence-electron chi connectivity index (χ4n) is 3.48. The van der Waals surface area contributed by atoms with Gasteiger partial charge in [0.05, 0.1) is 23.0 Å². The quantitative estimate of drug-likeness (QED) is 0.200. The van der Waals surface area contributed by atoms with Crippen LogP contribution >= 0.6 is 11.8 Å². The van der Waals surface area contributed by atoms with Crippen LogP contribution in [0.2, 0.25) is 0 Å².